The number of nitrogens with two attached hydrogens (primary N) is 1. The SMILES string of the molecule is CC(C)CCN1CCC(N)CC1Cc1ccccc1. The number of nitrogens with zero attached hydrogens (tertiary/aromatic N) is 1. The third kappa shape index (κ3) is 4.63. The summed E-state index contributed by atoms with van der Waals surface area (Å²) in [4.78, 5) is 2.66. The zero-order chi connectivity index (χ0) is 13.7. The first-order valence-electron chi connectivity index (χ1n) is 7.68. The summed E-state index contributed by atoms with van der Waals surface area (Å²) in [6.45, 7) is 7.01. The average molecular weight is 260 g/mol. The number of hydrogen-bond donors (Lipinski definition) is 1. The Hall–Kier alpha value is -0.860. The minimum atomic E-state index is 0.393. The highest BCUT2D eigenvalue weighted by Crippen LogP contribution is 2.21. The molecule has 1 saturated heterocycles. The Morgan fingerprint density at radius 2 is 2.00 bits per heavy atom. The second-order valence-electron chi connectivity index (χ2n) is 6.35. The van der Waals surface area contributed by atoms with Gasteiger partial charge in [-0.05, 0) is 50.3 Å². The maximum absolute atomic E-state index is 6.17. The Bertz CT molecular complexity index is 361. The molecule has 106 valence electrons. The summed E-state index contributed by atoms with van der Waals surface area (Å²) in [7, 11) is 0. The Morgan fingerprint density at radius 1 is 1.26 bits per heavy atom. The van der Waals surface area contributed by atoms with Crippen molar-refractivity contribution in [1.29, 1.82) is 0 Å². The Balaban J connectivity index is 1.96. The quantitative estimate of drug-likeness (QED) is 0.881. The van der Waals surface area contributed by atoms with Crippen molar-refractivity contribution in [2.75, 3.05) is 13.1 Å². The number of rotatable bonds is 5. The summed E-state index contributed by atoms with van der Waals surface area (Å²) in [6, 6.07) is 11.9. The van der Waals surface area contributed by atoms with Crippen LogP contribution in [0.3, 0.4) is 0 Å². The first-order chi connectivity index (χ1) is 9.15. The minimum absolute atomic E-state index is 0.393. The predicted octanol–water partition coefficient (Wildman–Crippen LogP) is 3.07. The van der Waals surface area contributed by atoms with Crippen LogP contribution in [-0.4, -0.2) is 30.1 Å². The summed E-state index contributed by atoms with van der Waals surface area (Å²) in [5, 5.41) is 0. The second kappa shape index (κ2) is 7.06. The summed E-state index contributed by atoms with van der Waals surface area (Å²) >= 11 is 0. The lowest BCUT2D eigenvalue weighted by Gasteiger charge is -2.39. The van der Waals surface area contributed by atoms with Crippen LogP contribution < -0.4 is 5.73 Å². The van der Waals surface area contributed by atoms with E-state index in [1.165, 1.54) is 25.1 Å². The molecule has 1 aromatic carbocycles. The van der Waals surface area contributed by atoms with E-state index in [1.54, 1.807) is 0 Å². The number of benzene rings is 1. The largest absolute Gasteiger partial charge is 0.328 e. The van der Waals surface area contributed by atoms with Gasteiger partial charge in [-0.2, -0.15) is 0 Å². The fourth-order valence-electron chi connectivity index (χ4n) is 2.95. The van der Waals surface area contributed by atoms with Crippen molar-refractivity contribution in [1.82, 2.24) is 4.90 Å². The van der Waals surface area contributed by atoms with Crippen molar-refractivity contribution in [3.05, 3.63) is 35.9 Å². The minimum Gasteiger partial charge on any atom is -0.328 e. The van der Waals surface area contributed by atoms with Crippen molar-refractivity contribution in [3.8, 4) is 0 Å². The van der Waals surface area contributed by atoms with E-state index in [2.05, 4.69) is 49.1 Å². The van der Waals surface area contributed by atoms with E-state index in [-0.39, 0.29) is 0 Å². The van der Waals surface area contributed by atoms with Gasteiger partial charge in [0, 0.05) is 12.1 Å². The molecule has 1 heterocycles. The van der Waals surface area contributed by atoms with Crippen molar-refractivity contribution in [2.24, 2.45) is 11.7 Å². The maximum Gasteiger partial charge on any atom is 0.0150 e. The summed E-state index contributed by atoms with van der Waals surface area (Å²) in [6.07, 6.45) is 4.74. The molecule has 0 saturated carbocycles. The normalized spacial score (nSPS) is 24.8. The zero-order valence-electron chi connectivity index (χ0n) is 12.4. The standard InChI is InChI=1S/C17H28N2/c1-14(2)8-10-19-11-9-16(18)13-17(19)12-15-6-4-3-5-7-15/h3-7,14,16-17H,8-13,18H2,1-2H3. The third-order valence-corrected chi connectivity index (χ3v) is 4.19. The van der Waals surface area contributed by atoms with Crippen LogP contribution in [0.2, 0.25) is 0 Å². The van der Waals surface area contributed by atoms with Gasteiger partial charge in [-0.3, -0.25) is 4.90 Å². The van der Waals surface area contributed by atoms with Crippen molar-refractivity contribution in [3.63, 3.8) is 0 Å². The van der Waals surface area contributed by atoms with Gasteiger partial charge < -0.3 is 5.73 Å². The Kier molecular flexibility index (Phi) is 5.41. The highest BCUT2D eigenvalue weighted by molar-refractivity contribution is 5.16. The third-order valence-electron chi connectivity index (χ3n) is 4.19. The fourth-order valence-corrected chi connectivity index (χ4v) is 2.95. The zero-order valence-corrected chi connectivity index (χ0v) is 12.4. The van der Waals surface area contributed by atoms with Crippen LogP contribution in [0.5, 0.6) is 0 Å². The molecule has 0 amide bonds. The van der Waals surface area contributed by atoms with Gasteiger partial charge in [0.2, 0.25) is 0 Å². The Morgan fingerprint density at radius 3 is 2.68 bits per heavy atom. The molecule has 2 N–H and O–H groups in total. The summed E-state index contributed by atoms with van der Waals surface area (Å²) in [5.74, 6) is 0.785. The molecule has 0 spiro atoms. The highest BCUT2D eigenvalue weighted by atomic mass is 15.2. The second-order valence-corrected chi connectivity index (χ2v) is 6.35. The summed E-state index contributed by atoms with van der Waals surface area (Å²) < 4.78 is 0. The molecule has 1 fully saturated rings. The van der Waals surface area contributed by atoms with Gasteiger partial charge in [0.15, 0.2) is 0 Å². The van der Waals surface area contributed by atoms with Crippen LogP contribution in [0.4, 0.5) is 0 Å². The Labute approximate surface area is 118 Å². The molecule has 1 aromatic rings. The summed E-state index contributed by atoms with van der Waals surface area (Å²) in [5.41, 5.74) is 7.61. The van der Waals surface area contributed by atoms with E-state index in [4.69, 9.17) is 5.73 Å². The van der Waals surface area contributed by atoms with E-state index in [0.29, 0.717) is 12.1 Å². The molecule has 1 aliphatic heterocycles. The molecule has 2 rings (SSSR count). The van der Waals surface area contributed by atoms with Crippen LogP contribution in [0.15, 0.2) is 30.3 Å². The molecule has 0 aliphatic carbocycles. The molecule has 0 radical (unpaired) electrons. The molecule has 2 nitrogen and oxygen atoms in total. The number of likely N-dealkylation sites (tertiary alicyclic amines) is 1. The molecule has 1 aliphatic rings. The van der Waals surface area contributed by atoms with E-state index < -0.39 is 0 Å². The first-order valence-corrected chi connectivity index (χ1v) is 7.68. The van der Waals surface area contributed by atoms with Gasteiger partial charge >= 0.3 is 0 Å². The van der Waals surface area contributed by atoms with Crippen molar-refractivity contribution < 1.29 is 0 Å². The number of hydrogen-bond acceptors (Lipinski definition) is 2. The molecule has 2 atom stereocenters. The van der Waals surface area contributed by atoms with Gasteiger partial charge in [-0.25, -0.2) is 0 Å². The predicted molar refractivity (Wildman–Crippen MR) is 82.2 cm³/mol. The highest BCUT2D eigenvalue weighted by Gasteiger charge is 2.26. The van der Waals surface area contributed by atoms with E-state index >= 15 is 0 Å². The monoisotopic (exact) mass is 260 g/mol. The molecular formula is C17H28N2. The molecule has 19 heavy (non-hydrogen) atoms. The fraction of sp³-hybridized carbons (Fsp3) is 0.647. The molecule has 0 aromatic heterocycles. The van der Waals surface area contributed by atoms with Crippen LogP contribution >= 0.6 is 0 Å². The van der Waals surface area contributed by atoms with Gasteiger partial charge in [-0.15, -0.1) is 0 Å². The van der Waals surface area contributed by atoms with Gasteiger partial charge in [0.25, 0.3) is 0 Å². The molecule has 2 heteroatoms. The van der Waals surface area contributed by atoms with E-state index in [0.717, 1.165) is 25.2 Å². The van der Waals surface area contributed by atoms with Gasteiger partial charge in [0.05, 0.1) is 0 Å². The van der Waals surface area contributed by atoms with Crippen LogP contribution in [-0.2, 0) is 6.42 Å². The average Bonchev–Trinajstić information content (AvgIpc) is 2.39. The lowest BCUT2D eigenvalue weighted by atomic mass is 9.92. The van der Waals surface area contributed by atoms with Crippen molar-refractivity contribution >= 4 is 0 Å². The van der Waals surface area contributed by atoms with Crippen LogP contribution in [0.25, 0.3) is 0 Å². The molecule has 2 unspecified atom stereocenters. The smallest absolute Gasteiger partial charge is 0.0150 e. The number of piperidine rings is 1. The lowest BCUT2D eigenvalue weighted by molar-refractivity contribution is 0.128. The lowest BCUT2D eigenvalue weighted by Crippen LogP contribution is -2.48. The van der Waals surface area contributed by atoms with Crippen LogP contribution in [0, 0.1) is 5.92 Å². The molecule has 0 bridgehead atoms. The van der Waals surface area contributed by atoms with Gasteiger partial charge in [0.1, 0.15) is 0 Å². The topological polar surface area (TPSA) is 29.3 Å². The van der Waals surface area contributed by atoms with Gasteiger partial charge in [-0.1, -0.05) is 44.2 Å². The van der Waals surface area contributed by atoms with E-state index in [9.17, 15) is 0 Å². The maximum atomic E-state index is 6.17. The van der Waals surface area contributed by atoms with Crippen LogP contribution in [0.1, 0.15) is 38.7 Å². The van der Waals surface area contributed by atoms with Crippen molar-refractivity contribution in [2.45, 2.75) is 51.6 Å². The first kappa shape index (κ1) is 14.5. The van der Waals surface area contributed by atoms with E-state index in [1.807, 2.05) is 0 Å². The molecular weight excluding hydrogens is 232 g/mol.